The molecule has 0 aliphatic carbocycles. The predicted octanol–water partition coefficient (Wildman–Crippen LogP) is -0.331. The highest BCUT2D eigenvalue weighted by molar-refractivity contribution is 5.92. The van der Waals surface area contributed by atoms with Gasteiger partial charge in [0, 0.05) is 39.6 Å². The molecule has 0 aliphatic rings. The molecule has 1 heterocycles. The van der Waals surface area contributed by atoms with E-state index in [0.29, 0.717) is 32.0 Å². The molecule has 0 unspecified atom stereocenters. The largest absolute Gasteiger partial charge is 0.383 e. The van der Waals surface area contributed by atoms with Gasteiger partial charge in [-0.3, -0.25) is 9.59 Å². The topological polar surface area (TPSA) is 81.6 Å². The van der Waals surface area contributed by atoms with E-state index in [1.807, 2.05) is 0 Å². The summed E-state index contributed by atoms with van der Waals surface area (Å²) in [6, 6.07) is 3.00. The minimum absolute atomic E-state index is 0.127. The second-order valence-electron chi connectivity index (χ2n) is 4.16. The molecule has 0 radical (unpaired) electrons. The van der Waals surface area contributed by atoms with Crippen molar-refractivity contribution in [2.45, 2.75) is 6.54 Å². The summed E-state index contributed by atoms with van der Waals surface area (Å²) in [6.07, 6.45) is 1.61. The van der Waals surface area contributed by atoms with Gasteiger partial charge in [-0.1, -0.05) is 0 Å². The molecule has 7 nitrogen and oxygen atoms in total. The number of rotatable bonds is 9. The van der Waals surface area contributed by atoms with E-state index in [1.165, 1.54) is 10.6 Å². The number of hydrogen-bond acceptors (Lipinski definition) is 5. The van der Waals surface area contributed by atoms with Crippen LogP contribution >= 0.6 is 0 Å². The summed E-state index contributed by atoms with van der Waals surface area (Å²) >= 11 is 0. The number of anilines is 1. The van der Waals surface area contributed by atoms with Crippen LogP contribution in [-0.2, 0) is 20.8 Å². The zero-order valence-corrected chi connectivity index (χ0v) is 11.8. The lowest BCUT2D eigenvalue weighted by molar-refractivity contribution is -0.115. The van der Waals surface area contributed by atoms with Crippen LogP contribution in [0.3, 0.4) is 0 Å². The average molecular weight is 283 g/mol. The van der Waals surface area contributed by atoms with Crippen LogP contribution in [0.5, 0.6) is 0 Å². The maximum absolute atomic E-state index is 11.7. The summed E-state index contributed by atoms with van der Waals surface area (Å²) in [5.41, 5.74) is 0.456. The first-order chi connectivity index (χ1) is 9.67. The molecule has 112 valence electrons. The van der Waals surface area contributed by atoms with E-state index in [1.54, 1.807) is 26.5 Å². The maximum Gasteiger partial charge on any atom is 0.250 e. The molecule has 1 aromatic heterocycles. The van der Waals surface area contributed by atoms with E-state index in [2.05, 4.69) is 10.6 Å². The van der Waals surface area contributed by atoms with Gasteiger partial charge in [-0.05, 0) is 6.07 Å². The van der Waals surface area contributed by atoms with Crippen molar-refractivity contribution in [2.75, 3.05) is 45.8 Å². The first-order valence-corrected chi connectivity index (χ1v) is 6.36. The van der Waals surface area contributed by atoms with E-state index >= 15 is 0 Å². The molecule has 20 heavy (non-hydrogen) atoms. The van der Waals surface area contributed by atoms with Gasteiger partial charge >= 0.3 is 0 Å². The van der Waals surface area contributed by atoms with Gasteiger partial charge in [0.1, 0.15) is 0 Å². The number of methoxy groups -OCH3 is 2. The molecule has 0 saturated carbocycles. The number of aromatic nitrogens is 1. The first kappa shape index (κ1) is 16.4. The van der Waals surface area contributed by atoms with Crippen molar-refractivity contribution < 1.29 is 14.3 Å². The second kappa shape index (κ2) is 9.24. The normalized spacial score (nSPS) is 10.5. The van der Waals surface area contributed by atoms with E-state index in [9.17, 15) is 9.59 Å². The molecular formula is C13H21N3O4. The summed E-state index contributed by atoms with van der Waals surface area (Å²) < 4.78 is 11.3. The Balaban J connectivity index is 2.50. The lowest BCUT2D eigenvalue weighted by atomic mass is 10.4. The molecule has 0 aliphatic heterocycles. The molecule has 0 bridgehead atoms. The van der Waals surface area contributed by atoms with Gasteiger partial charge in [0.15, 0.2) is 0 Å². The zero-order valence-electron chi connectivity index (χ0n) is 11.8. The number of pyridine rings is 1. The fraction of sp³-hybridized carbons (Fsp3) is 0.538. The van der Waals surface area contributed by atoms with Crippen molar-refractivity contribution in [3.63, 3.8) is 0 Å². The summed E-state index contributed by atoms with van der Waals surface area (Å²) in [5, 5.41) is 5.66. The molecular weight excluding hydrogens is 262 g/mol. The number of ether oxygens (including phenoxy) is 2. The highest BCUT2D eigenvalue weighted by Gasteiger charge is 2.03. The number of nitrogens with zero attached hydrogens (tertiary/aromatic N) is 1. The van der Waals surface area contributed by atoms with E-state index in [4.69, 9.17) is 9.47 Å². The van der Waals surface area contributed by atoms with E-state index in [-0.39, 0.29) is 18.0 Å². The van der Waals surface area contributed by atoms with Gasteiger partial charge in [0.2, 0.25) is 5.91 Å². The summed E-state index contributed by atoms with van der Waals surface area (Å²) in [7, 11) is 3.17. The Morgan fingerprint density at radius 3 is 2.70 bits per heavy atom. The average Bonchev–Trinajstić information content (AvgIpc) is 2.44. The summed E-state index contributed by atoms with van der Waals surface area (Å²) in [4.78, 5) is 23.2. The zero-order chi connectivity index (χ0) is 14.8. The molecule has 1 rings (SSSR count). The minimum atomic E-state index is -0.168. The van der Waals surface area contributed by atoms with Crippen LogP contribution in [0, 0.1) is 0 Å². The molecule has 1 amide bonds. The SMILES string of the molecule is COCCNCC(=O)Nc1ccc(=O)n(CCOC)c1. The maximum atomic E-state index is 11.7. The van der Waals surface area contributed by atoms with Crippen LogP contribution in [-0.4, -0.2) is 51.0 Å². The van der Waals surface area contributed by atoms with Gasteiger partial charge in [-0.25, -0.2) is 0 Å². The number of carbonyl (C=O) groups excluding carboxylic acids is 1. The summed E-state index contributed by atoms with van der Waals surface area (Å²) in [6.45, 7) is 2.24. The smallest absolute Gasteiger partial charge is 0.250 e. The fourth-order valence-electron chi connectivity index (χ4n) is 1.55. The number of hydrogen-bond donors (Lipinski definition) is 2. The van der Waals surface area contributed by atoms with E-state index < -0.39 is 0 Å². The third-order valence-electron chi connectivity index (χ3n) is 2.57. The van der Waals surface area contributed by atoms with Gasteiger partial charge in [0.25, 0.3) is 5.56 Å². The number of nitrogens with one attached hydrogen (secondary N) is 2. The summed E-state index contributed by atoms with van der Waals surface area (Å²) in [5.74, 6) is -0.168. The van der Waals surface area contributed by atoms with Crippen molar-refractivity contribution in [1.82, 2.24) is 9.88 Å². The molecule has 0 saturated heterocycles. The van der Waals surface area contributed by atoms with Crippen LogP contribution in [0.15, 0.2) is 23.1 Å². The Bertz CT molecular complexity index is 473. The van der Waals surface area contributed by atoms with Crippen molar-refractivity contribution >= 4 is 11.6 Å². The molecule has 2 N–H and O–H groups in total. The minimum Gasteiger partial charge on any atom is -0.383 e. The van der Waals surface area contributed by atoms with E-state index in [0.717, 1.165) is 0 Å². The Hall–Kier alpha value is -1.70. The Labute approximate surface area is 117 Å². The van der Waals surface area contributed by atoms with Gasteiger partial charge in [0.05, 0.1) is 25.4 Å². The quantitative estimate of drug-likeness (QED) is 0.606. The number of carbonyl (C=O) groups is 1. The van der Waals surface area contributed by atoms with Crippen molar-refractivity contribution in [3.8, 4) is 0 Å². The highest BCUT2D eigenvalue weighted by Crippen LogP contribution is 2.02. The Morgan fingerprint density at radius 2 is 2.00 bits per heavy atom. The number of amides is 1. The molecule has 0 spiro atoms. The standard InChI is InChI=1S/C13H21N3O4/c1-19-7-5-14-9-12(17)15-11-3-4-13(18)16(10-11)6-8-20-2/h3-4,10,14H,5-9H2,1-2H3,(H,15,17). The molecule has 7 heteroatoms. The third kappa shape index (κ3) is 5.96. The third-order valence-corrected chi connectivity index (χ3v) is 2.57. The predicted molar refractivity (Wildman–Crippen MR) is 76.0 cm³/mol. The first-order valence-electron chi connectivity index (χ1n) is 6.36. The fourth-order valence-corrected chi connectivity index (χ4v) is 1.55. The Kier molecular flexibility index (Phi) is 7.56. The van der Waals surface area contributed by atoms with Crippen LogP contribution in [0.25, 0.3) is 0 Å². The monoisotopic (exact) mass is 283 g/mol. The van der Waals surface area contributed by atoms with Gasteiger partial charge in [-0.15, -0.1) is 0 Å². The van der Waals surface area contributed by atoms with Crippen molar-refractivity contribution in [3.05, 3.63) is 28.7 Å². The second-order valence-corrected chi connectivity index (χ2v) is 4.16. The molecule has 0 fully saturated rings. The van der Waals surface area contributed by atoms with Crippen LogP contribution in [0.1, 0.15) is 0 Å². The van der Waals surface area contributed by atoms with Crippen molar-refractivity contribution in [1.29, 1.82) is 0 Å². The molecule has 1 aromatic rings. The lowest BCUT2D eigenvalue weighted by Crippen LogP contribution is -2.31. The molecule has 0 aromatic carbocycles. The van der Waals surface area contributed by atoms with Crippen LogP contribution < -0.4 is 16.2 Å². The van der Waals surface area contributed by atoms with Gasteiger partial charge in [-0.2, -0.15) is 0 Å². The van der Waals surface area contributed by atoms with Crippen molar-refractivity contribution in [2.24, 2.45) is 0 Å². The van der Waals surface area contributed by atoms with Crippen LogP contribution in [0.4, 0.5) is 5.69 Å². The Morgan fingerprint density at radius 1 is 1.25 bits per heavy atom. The van der Waals surface area contributed by atoms with Crippen LogP contribution in [0.2, 0.25) is 0 Å². The van der Waals surface area contributed by atoms with Gasteiger partial charge < -0.3 is 24.7 Å². The lowest BCUT2D eigenvalue weighted by Gasteiger charge is -2.09. The molecule has 0 atom stereocenters. The highest BCUT2D eigenvalue weighted by atomic mass is 16.5.